The summed E-state index contributed by atoms with van der Waals surface area (Å²) in [6.45, 7) is 3.79. The summed E-state index contributed by atoms with van der Waals surface area (Å²) in [5.74, 6) is 0.873. The molecular formula is C16H17N3O. The van der Waals surface area contributed by atoms with Crippen LogP contribution in [0.5, 0.6) is 0 Å². The average molecular weight is 267 g/mol. The standard InChI is InChI=1S/C16H17N3O/c1-11-3-4-15-14(7-11)12(9-17)8-16(18-15)19-6-5-13(10-19)20-2/h3-4,7-8,13H,5-6,10H2,1-2H3/t13-/m0/s1. The summed E-state index contributed by atoms with van der Waals surface area (Å²) in [7, 11) is 1.74. The first-order chi connectivity index (χ1) is 9.71. The molecule has 0 amide bonds. The lowest BCUT2D eigenvalue weighted by molar-refractivity contribution is 0.121. The van der Waals surface area contributed by atoms with Crippen molar-refractivity contribution in [1.29, 1.82) is 5.26 Å². The number of nitriles is 1. The van der Waals surface area contributed by atoms with Crippen LogP contribution in [-0.4, -0.2) is 31.3 Å². The molecule has 0 N–H and O–H groups in total. The smallest absolute Gasteiger partial charge is 0.130 e. The molecule has 1 fully saturated rings. The minimum absolute atomic E-state index is 0.260. The van der Waals surface area contributed by atoms with E-state index >= 15 is 0 Å². The second-order valence-electron chi connectivity index (χ2n) is 5.25. The third kappa shape index (κ3) is 2.21. The fourth-order valence-electron chi connectivity index (χ4n) is 2.71. The van der Waals surface area contributed by atoms with Gasteiger partial charge in [-0.25, -0.2) is 4.98 Å². The van der Waals surface area contributed by atoms with Crippen molar-refractivity contribution in [2.45, 2.75) is 19.4 Å². The third-order valence-electron chi connectivity index (χ3n) is 3.87. The molecule has 0 aliphatic carbocycles. The van der Waals surface area contributed by atoms with Gasteiger partial charge >= 0.3 is 0 Å². The van der Waals surface area contributed by atoms with Crippen molar-refractivity contribution in [3.05, 3.63) is 35.4 Å². The number of methoxy groups -OCH3 is 1. The first kappa shape index (κ1) is 12.9. The Morgan fingerprint density at radius 1 is 1.40 bits per heavy atom. The number of hydrogen-bond donors (Lipinski definition) is 0. The topological polar surface area (TPSA) is 49.1 Å². The maximum absolute atomic E-state index is 9.37. The predicted octanol–water partition coefficient (Wildman–Crippen LogP) is 2.64. The van der Waals surface area contributed by atoms with Gasteiger partial charge in [0.1, 0.15) is 5.82 Å². The molecule has 2 heterocycles. The zero-order chi connectivity index (χ0) is 14.1. The van der Waals surface area contributed by atoms with E-state index in [1.807, 2.05) is 31.2 Å². The summed E-state index contributed by atoms with van der Waals surface area (Å²) in [4.78, 5) is 6.88. The first-order valence-electron chi connectivity index (χ1n) is 6.80. The van der Waals surface area contributed by atoms with E-state index < -0.39 is 0 Å². The number of pyridine rings is 1. The molecule has 1 atom stereocenters. The van der Waals surface area contributed by atoms with E-state index in [0.29, 0.717) is 5.56 Å². The molecule has 1 aromatic carbocycles. The molecule has 3 rings (SSSR count). The van der Waals surface area contributed by atoms with Crippen molar-refractivity contribution < 1.29 is 4.74 Å². The van der Waals surface area contributed by atoms with Gasteiger partial charge in [-0.1, -0.05) is 11.6 Å². The Hall–Kier alpha value is -2.12. The van der Waals surface area contributed by atoms with Crippen molar-refractivity contribution in [3.63, 3.8) is 0 Å². The zero-order valence-corrected chi connectivity index (χ0v) is 11.8. The molecule has 0 unspecified atom stereocenters. The van der Waals surface area contributed by atoms with Crippen LogP contribution in [0.3, 0.4) is 0 Å². The molecule has 4 heteroatoms. The van der Waals surface area contributed by atoms with Gasteiger partial charge in [0, 0.05) is 25.6 Å². The highest BCUT2D eigenvalue weighted by atomic mass is 16.5. The molecule has 1 aliphatic rings. The summed E-state index contributed by atoms with van der Waals surface area (Å²) in [6, 6.07) is 10.2. The molecule has 4 nitrogen and oxygen atoms in total. The molecule has 102 valence electrons. The minimum atomic E-state index is 0.260. The van der Waals surface area contributed by atoms with E-state index in [4.69, 9.17) is 9.72 Å². The van der Waals surface area contributed by atoms with Gasteiger partial charge in [-0.05, 0) is 31.5 Å². The van der Waals surface area contributed by atoms with E-state index in [9.17, 15) is 5.26 Å². The van der Waals surface area contributed by atoms with E-state index in [-0.39, 0.29) is 6.10 Å². The number of aromatic nitrogens is 1. The second kappa shape index (κ2) is 5.10. The monoisotopic (exact) mass is 267 g/mol. The first-order valence-corrected chi connectivity index (χ1v) is 6.80. The molecule has 1 saturated heterocycles. The number of nitrogens with zero attached hydrogens (tertiary/aromatic N) is 3. The van der Waals surface area contributed by atoms with Crippen molar-refractivity contribution in [3.8, 4) is 6.07 Å². The lowest BCUT2D eigenvalue weighted by Crippen LogP contribution is -2.23. The van der Waals surface area contributed by atoms with Crippen molar-refractivity contribution in [2.24, 2.45) is 0 Å². The van der Waals surface area contributed by atoms with Crippen LogP contribution in [0.1, 0.15) is 17.5 Å². The Kier molecular flexibility index (Phi) is 3.29. The van der Waals surface area contributed by atoms with Crippen molar-refractivity contribution in [1.82, 2.24) is 4.98 Å². The molecule has 2 aromatic rings. The van der Waals surface area contributed by atoms with Crippen LogP contribution in [0.4, 0.5) is 5.82 Å². The summed E-state index contributed by atoms with van der Waals surface area (Å²) in [5, 5.41) is 10.3. The lowest BCUT2D eigenvalue weighted by atomic mass is 10.1. The molecule has 0 bridgehead atoms. The van der Waals surface area contributed by atoms with Gasteiger partial charge in [-0.15, -0.1) is 0 Å². The molecule has 1 aliphatic heterocycles. The number of fused-ring (bicyclic) bond motifs is 1. The maximum Gasteiger partial charge on any atom is 0.130 e. The number of aryl methyl sites for hydroxylation is 1. The van der Waals surface area contributed by atoms with Crippen molar-refractivity contribution >= 4 is 16.7 Å². The summed E-state index contributed by atoms with van der Waals surface area (Å²) >= 11 is 0. The highest BCUT2D eigenvalue weighted by Gasteiger charge is 2.23. The van der Waals surface area contributed by atoms with Gasteiger partial charge in [-0.2, -0.15) is 5.26 Å². The molecule has 0 saturated carbocycles. The molecule has 0 radical (unpaired) electrons. The Balaban J connectivity index is 2.05. The van der Waals surface area contributed by atoms with Crippen molar-refractivity contribution in [2.75, 3.05) is 25.1 Å². The van der Waals surface area contributed by atoms with Gasteiger partial charge in [-0.3, -0.25) is 0 Å². The Morgan fingerprint density at radius 3 is 2.95 bits per heavy atom. The Bertz CT molecular complexity index is 690. The number of hydrogen-bond acceptors (Lipinski definition) is 4. The SMILES string of the molecule is CO[C@H]1CCN(c2cc(C#N)c3cc(C)ccc3n2)C1. The van der Waals surface area contributed by atoms with Gasteiger partial charge in [0.05, 0.1) is 23.3 Å². The fourth-order valence-corrected chi connectivity index (χ4v) is 2.71. The number of benzene rings is 1. The number of ether oxygens (including phenoxy) is 1. The maximum atomic E-state index is 9.37. The molecular weight excluding hydrogens is 250 g/mol. The van der Waals surface area contributed by atoms with Gasteiger partial charge < -0.3 is 9.64 Å². The van der Waals surface area contributed by atoms with Crippen LogP contribution >= 0.6 is 0 Å². The minimum Gasteiger partial charge on any atom is -0.380 e. The number of anilines is 1. The van der Waals surface area contributed by atoms with E-state index in [1.54, 1.807) is 7.11 Å². The summed E-state index contributed by atoms with van der Waals surface area (Å²) < 4.78 is 5.39. The summed E-state index contributed by atoms with van der Waals surface area (Å²) in [6.07, 6.45) is 1.27. The molecule has 0 spiro atoms. The second-order valence-corrected chi connectivity index (χ2v) is 5.25. The normalized spacial score (nSPS) is 18.4. The van der Waals surface area contributed by atoms with Crippen LogP contribution in [-0.2, 0) is 4.74 Å². The quantitative estimate of drug-likeness (QED) is 0.839. The Labute approximate surface area is 118 Å². The highest BCUT2D eigenvalue weighted by molar-refractivity contribution is 5.87. The van der Waals surface area contributed by atoms with Crippen LogP contribution < -0.4 is 4.90 Å². The predicted molar refractivity (Wildman–Crippen MR) is 78.8 cm³/mol. The fraction of sp³-hybridized carbons (Fsp3) is 0.375. The molecule has 20 heavy (non-hydrogen) atoms. The molecule has 1 aromatic heterocycles. The van der Waals surface area contributed by atoms with Gasteiger partial charge in [0.25, 0.3) is 0 Å². The largest absolute Gasteiger partial charge is 0.380 e. The Morgan fingerprint density at radius 2 is 2.25 bits per heavy atom. The van der Waals surface area contributed by atoms with Crippen LogP contribution in [0.25, 0.3) is 10.9 Å². The highest BCUT2D eigenvalue weighted by Crippen LogP contribution is 2.26. The zero-order valence-electron chi connectivity index (χ0n) is 11.8. The van der Waals surface area contributed by atoms with Crippen LogP contribution in [0.15, 0.2) is 24.3 Å². The summed E-state index contributed by atoms with van der Waals surface area (Å²) in [5.41, 5.74) is 2.71. The lowest BCUT2D eigenvalue weighted by Gasteiger charge is -2.18. The van der Waals surface area contributed by atoms with E-state index in [0.717, 1.165) is 41.8 Å². The third-order valence-corrected chi connectivity index (χ3v) is 3.87. The van der Waals surface area contributed by atoms with Gasteiger partial charge in [0.2, 0.25) is 0 Å². The average Bonchev–Trinajstić information content (AvgIpc) is 2.95. The van der Waals surface area contributed by atoms with E-state index in [2.05, 4.69) is 11.0 Å². The number of rotatable bonds is 2. The van der Waals surface area contributed by atoms with Crippen LogP contribution in [0, 0.1) is 18.3 Å². The van der Waals surface area contributed by atoms with E-state index in [1.165, 1.54) is 0 Å². The van der Waals surface area contributed by atoms with Crippen LogP contribution in [0.2, 0.25) is 0 Å². The van der Waals surface area contributed by atoms with Gasteiger partial charge in [0.15, 0.2) is 0 Å².